The third kappa shape index (κ3) is 5.07. The number of carbonyl (C=O) groups excluding carboxylic acids is 5. The van der Waals surface area contributed by atoms with Crippen LogP contribution in [0.1, 0.15) is 39.5 Å². The Balaban J connectivity index is 1.94. The maximum atomic E-state index is 13.2. The molecule has 0 aromatic heterocycles. The second kappa shape index (κ2) is 10.3. The zero-order chi connectivity index (χ0) is 25.2. The van der Waals surface area contributed by atoms with Gasteiger partial charge < -0.3 is 35.2 Å². The van der Waals surface area contributed by atoms with E-state index >= 15 is 0 Å². The van der Waals surface area contributed by atoms with Gasteiger partial charge >= 0.3 is 12.1 Å². The molecule has 188 valence electrons. The fourth-order valence-electron chi connectivity index (χ4n) is 4.59. The summed E-state index contributed by atoms with van der Waals surface area (Å²) in [5.74, 6) is -2.96. The van der Waals surface area contributed by atoms with E-state index in [1.807, 2.05) is 0 Å². The predicted octanol–water partition coefficient (Wildman–Crippen LogP) is -1.49. The maximum Gasteiger partial charge on any atom is 0.405 e. The van der Waals surface area contributed by atoms with Crippen molar-refractivity contribution in [1.29, 1.82) is 0 Å². The van der Waals surface area contributed by atoms with Crippen LogP contribution in [0.2, 0.25) is 0 Å². The summed E-state index contributed by atoms with van der Waals surface area (Å²) in [5, 5.41) is 13.9. The molecule has 5 amide bonds. The second-order valence-corrected chi connectivity index (χ2v) is 8.87. The van der Waals surface area contributed by atoms with Crippen LogP contribution in [-0.2, 0) is 28.7 Å². The summed E-state index contributed by atoms with van der Waals surface area (Å²) < 4.78 is 5.27. The van der Waals surface area contributed by atoms with E-state index in [9.17, 15) is 33.9 Å². The van der Waals surface area contributed by atoms with Crippen molar-refractivity contribution in [3.8, 4) is 0 Å². The molecule has 3 N–H and O–H groups in total. The lowest BCUT2D eigenvalue weighted by molar-refractivity contribution is -0.157. The summed E-state index contributed by atoms with van der Waals surface area (Å²) in [7, 11) is 1.44. The fourth-order valence-corrected chi connectivity index (χ4v) is 4.59. The van der Waals surface area contributed by atoms with Crippen LogP contribution in [0, 0.1) is 0 Å². The molecule has 0 aromatic rings. The highest BCUT2D eigenvalue weighted by atomic mass is 16.5. The number of ether oxygens (including phenoxy) is 1. The molecule has 5 atom stereocenters. The van der Waals surface area contributed by atoms with E-state index in [-0.39, 0.29) is 13.1 Å². The maximum absolute atomic E-state index is 13.2. The van der Waals surface area contributed by atoms with E-state index < -0.39 is 72.5 Å². The van der Waals surface area contributed by atoms with Gasteiger partial charge in [0.2, 0.25) is 23.6 Å². The largest absolute Gasteiger partial charge is 0.465 e. The molecule has 0 aromatic carbocycles. The molecule has 0 unspecified atom stereocenters. The number of amides is 5. The average Bonchev–Trinajstić information content (AvgIpc) is 3.48. The molecule has 3 aliphatic heterocycles. The molecular formula is C21H31N5O8. The first-order chi connectivity index (χ1) is 16.0. The smallest absolute Gasteiger partial charge is 0.405 e. The Kier molecular flexibility index (Phi) is 7.62. The van der Waals surface area contributed by atoms with Crippen molar-refractivity contribution >= 4 is 35.7 Å². The van der Waals surface area contributed by atoms with Gasteiger partial charge in [-0.3, -0.25) is 19.2 Å². The fraction of sp³-hybridized carbons (Fsp3) is 0.714. The third-order valence-electron chi connectivity index (χ3n) is 6.65. The number of hydrogen-bond acceptors (Lipinski definition) is 7. The molecule has 3 saturated heterocycles. The molecule has 0 aliphatic carbocycles. The van der Waals surface area contributed by atoms with Gasteiger partial charge in [-0.2, -0.15) is 0 Å². The molecule has 0 bridgehead atoms. The van der Waals surface area contributed by atoms with Crippen molar-refractivity contribution < 1.29 is 38.6 Å². The van der Waals surface area contributed by atoms with Crippen LogP contribution < -0.4 is 10.6 Å². The highest BCUT2D eigenvalue weighted by Crippen LogP contribution is 2.23. The molecule has 13 nitrogen and oxygen atoms in total. The van der Waals surface area contributed by atoms with Gasteiger partial charge in [0.25, 0.3) is 0 Å². The van der Waals surface area contributed by atoms with E-state index in [1.54, 1.807) is 0 Å². The number of esters is 1. The van der Waals surface area contributed by atoms with E-state index in [1.165, 1.54) is 35.6 Å². The van der Waals surface area contributed by atoms with Crippen LogP contribution in [0.15, 0.2) is 0 Å². The lowest BCUT2D eigenvalue weighted by Gasteiger charge is -2.34. The van der Waals surface area contributed by atoms with Gasteiger partial charge in [-0.15, -0.1) is 0 Å². The molecule has 0 radical (unpaired) electrons. The number of rotatable bonds is 1. The zero-order valence-corrected chi connectivity index (χ0v) is 19.5. The Hall–Kier alpha value is -3.38. The topological polar surface area (TPSA) is 166 Å². The number of fused-ring (bicyclic) bond motifs is 2. The minimum absolute atomic E-state index is 0.220. The van der Waals surface area contributed by atoms with Crippen molar-refractivity contribution in [2.45, 2.75) is 69.7 Å². The minimum atomic E-state index is -1.49. The number of nitrogens with one attached hydrogen (secondary N) is 2. The standard InChI is InChI=1S/C21H31N5O8/c1-11-17(28)26-9-5-7-15(26)20(31)34-10-13(23-21(32)33)18(29)25-8-4-6-14(25)19(30)24(3)12(2)16(27)22-11/h11-15,23H,4-10H2,1-3H3,(H,22,27)(H,32,33)/t11-,12-,13-,14-,15-/m0/s1. The minimum Gasteiger partial charge on any atom is -0.465 e. The normalized spacial score (nSPS) is 31.7. The summed E-state index contributed by atoms with van der Waals surface area (Å²) in [4.78, 5) is 79.9. The van der Waals surface area contributed by atoms with Gasteiger partial charge in [-0.1, -0.05) is 0 Å². The Bertz CT molecular complexity index is 879. The van der Waals surface area contributed by atoms with Crippen LogP contribution in [0.5, 0.6) is 0 Å². The average molecular weight is 482 g/mol. The zero-order valence-electron chi connectivity index (χ0n) is 19.5. The first-order valence-corrected chi connectivity index (χ1v) is 11.4. The number of cyclic esters (lactones) is 1. The van der Waals surface area contributed by atoms with Crippen molar-refractivity contribution in [2.24, 2.45) is 0 Å². The first-order valence-electron chi connectivity index (χ1n) is 11.4. The summed E-state index contributed by atoms with van der Waals surface area (Å²) >= 11 is 0. The van der Waals surface area contributed by atoms with Crippen molar-refractivity contribution in [3.63, 3.8) is 0 Å². The predicted molar refractivity (Wildman–Crippen MR) is 115 cm³/mol. The quantitative estimate of drug-likeness (QED) is 0.381. The van der Waals surface area contributed by atoms with E-state index in [0.29, 0.717) is 25.7 Å². The van der Waals surface area contributed by atoms with E-state index in [2.05, 4.69) is 10.6 Å². The number of carbonyl (C=O) groups is 6. The number of nitrogens with zero attached hydrogens (tertiary/aromatic N) is 3. The van der Waals surface area contributed by atoms with Crippen LogP contribution >= 0.6 is 0 Å². The number of carboxylic acid groups (broad SMARTS) is 1. The number of likely N-dealkylation sites (N-methyl/N-ethyl adjacent to an activating group) is 1. The summed E-state index contributed by atoms with van der Waals surface area (Å²) in [6.07, 6.45) is 0.260. The van der Waals surface area contributed by atoms with Crippen molar-refractivity contribution in [3.05, 3.63) is 0 Å². The molecule has 34 heavy (non-hydrogen) atoms. The molecule has 0 spiro atoms. The monoisotopic (exact) mass is 481 g/mol. The van der Waals surface area contributed by atoms with E-state index in [0.717, 1.165) is 0 Å². The van der Waals surface area contributed by atoms with E-state index in [4.69, 9.17) is 4.74 Å². The lowest BCUT2D eigenvalue weighted by atomic mass is 10.1. The van der Waals surface area contributed by atoms with Crippen LogP contribution in [-0.4, -0.2) is 112 Å². The second-order valence-electron chi connectivity index (χ2n) is 8.87. The molecule has 13 heteroatoms. The highest BCUT2D eigenvalue weighted by molar-refractivity contribution is 5.96. The molecule has 3 heterocycles. The van der Waals surface area contributed by atoms with Crippen molar-refractivity contribution in [2.75, 3.05) is 26.7 Å². The summed E-state index contributed by atoms with van der Waals surface area (Å²) in [5.41, 5.74) is 0. The molecule has 0 saturated carbocycles. The first kappa shape index (κ1) is 25.2. The lowest BCUT2D eigenvalue weighted by Crippen LogP contribution is -2.59. The summed E-state index contributed by atoms with van der Waals surface area (Å²) in [6.45, 7) is 2.95. The molecular weight excluding hydrogens is 450 g/mol. The van der Waals surface area contributed by atoms with Crippen LogP contribution in [0.4, 0.5) is 4.79 Å². The Morgan fingerprint density at radius 2 is 1.56 bits per heavy atom. The van der Waals surface area contributed by atoms with Gasteiger partial charge in [0.1, 0.15) is 36.8 Å². The van der Waals surface area contributed by atoms with Gasteiger partial charge in [-0.25, -0.2) is 9.59 Å². The Labute approximate surface area is 196 Å². The highest BCUT2D eigenvalue weighted by Gasteiger charge is 2.43. The Morgan fingerprint density at radius 1 is 0.971 bits per heavy atom. The van der Waals surface area contributed by atoms with Gasteiger partial charge in [0.15, 0.2) is 0 Å². The van der Waals surface area contributed by atoms with Crippen LogP contribution in [0.25, 0.3) is 0 Å². The van der Waals surface area contributed by atoms with Gasteiger partial charge in [-0.05, 0) is 39.5 Å². The molecule has 3 aliphatic rings. The third-order valence-corrected chi connectivity index (χ3v) is 6.65. The van der Waals surface area contributed by atoms with Gasteiger partial charge in [0.05, 0.1) is 0 Å². The van der Waals surface area contributed by atoms with Crippen molar-refractivity contribution in [1.82, 2.24) is 25.3 Å². The number of hydrogen-bond donors (Lipinski definition) is 3. The van der Waals surface area contributed by atoms with Gasteiger partial charge in [0, 0.05) is 20.1 Å². The SMILES string of the molecule is C[C@@H]1NC(=O)[C@H](C)N(C)C(=O)[C@@H]2CCCN2C(=O)[C@@H](NC(=O)O)COC(=O)[C@@H]2CCCN2C1=O. The van der Waals surface area contributed by atoms with Crippen LogP contribution in [0.3, 0.4) is 0 Å². The molecule has 3 fully saturated rings. The molecule has 3 rings (SSSR count). The summed E-state index contributed by atoms with van der Waals surface area (Å²) in [6, 6.07) is -5.08. The Morgan fingerprint density at radius 3 is 2.18 bits per heavy atom.